The Labute approximate surface area is 231 Å². The maximum absolute atomic E-state index is 4.53. The van der Waals surface area contributed by atoms with Crippen molar-refractivity contribution in [2.45, 2.75) is 24.7 Å². The van der Waals surface area contributed by atoms with E-state index in [1.54, 1.807) is 0 Å². The molecule has 194 valence electrons. The Morgan fingerprint density at radius 2 is 1.00 bits per heavy atom. The van der Waals surface area contributed by atoms with E-state index in [0.29, 0.717) is 11.8 Å². The van der Waals surface area contributed by atoms with E-state index in [0.717, 1.165) is 41.8 Å². The Bertz CT molecular complexity index is 1090. The van der Waals surface area contributed by atoms with Gasteiger partial charge in [0.15, 0.2) is 0 Å². The molecular weight excluding hydrogens is 520 g/mol. The third-order valence-electron chi connectivity index (χ3n) is 6.29. The van der Waals surface area contributed by atoms with E-state index < -0.39 is 0 Å². The Morgan fingerprint density at radius 1 is 0.568 bits per heavy atom. The third kappa shape index (κ3) is 9.84. The lowest BCUT2D eigenvalue weighted by Crippen LogP contribution is -2.17. The minimum Gasteiger partial charge on any atom is -0.309 e. The van der Waals surface area contributed by atoms with Crippen molar-refractivity contribution in [2.24, 2.45) is 0 Å². The topological polar surface area (TPSA) is 32.3 Å². The highest BCUT2D eigenvalue weighted by Crippen LogP contribution is 2.28. The number of nitrogens with zero attached hydrogens (tertiary/aromatic N) is 4. The van der Waals surface area contributed by atoms with Crippen molar-refractivity contribution in [3.8, 4) is 0 Å². The molecule has 0 N–H and O–H groups in total. The summed E-state index contributed by atoms with van der Waals surface area (Å²) in [4.78, 5) is 13.5. The molecule has 0 amide bonds. The van der Waals surface area contributed by atoms with Crippen molar-refractivity contribution in [1.29, 1.82) is 0 Å². The number of hydrogen-bond donors (Lipinski definition) is 0. The minimum absolute atomic E-state index is 0.358. The summed E-state index contributed by atoms with van der Waals surface area (Å²) in [5.41, 5.74) is 4.97. The summed E-state index contributed by atoms with van der Waals surface area (Å²) >= 11 is 3.49. The van der Waals surface area contributed by atoms with Crippen LogP contribution in [0.5, 0.6) is 0 Å². The van der Waals surface area contributed by atoms with Crippen LogP contribution < -0.4 is 0 Å². The van der Waals surface area contributed by atoms with Crippen molar-refractivity contribution in [1.82, 2.24) is 19.8 Å². The lowest BCUT2D eigenvalue weighted by atomic mass is 9.92. The van der Waals surface area contributed by atoms with E-state index in [4.69, 9.17) is 0 Å². The first kappa shape index (κ1) is 28.7. The molecule has 5 heteroatoms. The van der Waals surface area contributed by atoms with Crippen LogP contribution in [0.2, 0.25) is 0 Å². The molecule has 4 nitrogen and oxygen atoms in total. The molecule has 0 radical (unpaired) electrons. The SMILES string of the molecule is CN(C)CCC(c1ccccc1)c1ccccn1.CN(C)CC[C@@H](c1ccc(Br)cc1)c1ccccn1. The van der Waals surface area contributed by atoms with Crippen molar-refractivity contribution in [3.63, 3.8) is 0 Å². The van der Waals surface area contributed by atoms with Crippen LogP contribution in [0, 0.1) is 0 Å². The minimum atomic E-state index is 0.358. The Kier molecular flexibility index (Phi) is 12.0. The monoisotopic (exact) mass is 558 g/mol. The van der Waals surface area contributed by atoms with E-state index in [1.165, 1.54) is 11.1 Å². The average molecular weight is 560 g/mol. The standard InChI is InChI=1S/C16H19BrN2.C16H20N2/c1-19(2)12-10-15(16-5-3-4-11-18-16)13-6-8-14(17)9-7-13;1-18(2)13-11-15(14-8-4-3-5-9-14)16-10-6-7-12-17-16/h3-9,11,15H,10,12H2,1-2H3;3-10,12,15H,11,13H2,1-2H3/t15-;/m0./s1. The van der Waals surface area contributed by atoms with Crippen LogP contribution in [0.25, 0.3) is 0 Å². The fraction of sp³-hybridized carbons (Fsp3) is 0.312. The fourth-order valence-corrected chi connectivity index (χ4v) is 4.55. The molecule has 0 bridgehead atoms. The van der Waals surface area contributed by atoms with Gasteiger partial charge in [-0.1, -0.05) is 70.5 Å². The van der Waals surface area contributed by atoms with Gasteiger partial charge in [0.05, 0.1) is 0 Å². The van der Waals surface area contributed by atoms with Crippen molar-refractivity contribution in [2.75, 3.05) is 41.3 Å². The lowest BCUT2D eigenvalue weighted by Gasteiger charge is -2.19. The molecule has 1 unspecified atom stereocenters. The summed E-state index contributed by atoms with van der Waals surface area (Å²) in [6.45, 7) is 2.12. The molecule has 0 aliphatic heterocycles. The molecule has 0 spiro atoms. The second-order valence-electron chi connectivity index (χ2n) is 9.76. The number of benzene rings is 2. The lowest BCUT2D eigenvalue weighted by molar-refractivity contribution is 0.389. The van der Waals surface area contributed by atoms with Crippen LogP contribution in [0.15, 0.2) is 108 Å². The van der Waals surface area contributed by atoms with Gasteiger partial charge in [-0.3, -0.25) is 9.97 Å². The molecule has 0 saturated heterocycles. The van der Waals surface area contributed by atoms with Crippen molar-refractivity contribution < 1.29 is 0 Å². The van der Waals surface area contributed by atoms with Crippen LogP contribution in [0.3, 0.4) is 0 Å². The van der Waals surface area contributed by atoms with Gasteiger partial charge in [-0.15, -0.1) is 0 Å². The van der Waals surface area contributed by atoms with E-state index >= 15 is 0 Å². The predicted octanol–water partition coefficient (Wildman–Crippen LogP) is 7.09. The first-order chi connectivity index (χ1) is 17.9. The molecule has 2 aromatic carbocycles. The first-order valence-corrected chi connectivity index (χ1v) is 13.6. The van der Waals surface area contributed by atoms with Crippen LogP contribution in [-0.4, -0.2) is 61.0 Å². The maximum Gasteiger partial charge on any atom is 0.0478 e. The van der Waals surface area contributed by atoms with E-state index in [1.807, 2.05) is 24.5 Å². The summed E-state index contributed by atoms with van der Waals surface area (Å²) in [7, 11) is 8.44. The summed E-state index contributed by atoms with van der Waals surface area (Å²) in [6, 6.07) is 31.5. The Balaban J connectivity index is 0.000000206. The first-order valence-electron chi connectivity index (χ1n) is 12.9. The summed E-state index contributed by atoms with van der Waals surface area (Å²) in [5, 5.41) is 0. The highest BCUT2D eigenvalue weighted by molar-refractivity contribution is 9.10. The van der Waals surface area contributed by atoms with E-state index in [2.05, 4.69) is 143 Å². The quantitative estimate of drug-likeness (QED) is 0.208. The molecule has 0 fully saturated rings. The van der Waals surface area contributed by atoms with Crippen molar-refractivity contribution in [3.05, 3.63) is 130 Å². The van der Waals surface area contributed by atoms with Crippen LogP contribution in [0.1, 0.15) is 47.2 Å². The van der Waals surface area contributed by atoms with Crippen LogP contribution in [0.4, 0.5) is 0 Å². The zero-order valence-corrected chi connectivity index (χ0v) is 24.1. The molecule has 37 heavy (non-hydrogen) atoms. The van der Waals surface area contributed by atoms with Gasteiger partial charge in [0.25, 0.3) is 0 Å². The highest BCUT2D eigenvalue weighted by Gasteiger charge is 2.16. The molecule has 0 aliphatic carbocycles. The van der Waals surface area contributed by atoms with Crippen molar-refractivity contribution >= 4 is 15.9 Å². The average Bonchev–Trinajstić information content (AvgIpc) is 2.92. The van der Waals surface area contributed by atoms with Gasteiger partial charge in [0, 0.05) is 40.1 Å². The van der Waals surface area contributed by atoms with Gasteiger partial charge >= 0.3 is 0 Å². The molecule has 0 aliphatic rings. The second-order valence-corrected chi connectivity index (χ2v) is 10.7. The predicted molar refractivity (Wildman–Crippen MR) is 159 cm³/mol. The number of pyridine rings is 2. The second kappa shape index (κ2) is 15.4. The summed E-state index contributed by atoms with van der Waals surface area (Å²) < 4.78 is 1.11. The number of halogens is 1. The maximum atomic E-state index is 4.53. The Hall–Kier alpha value is -2.86. The number of rotatable bonds is 10. The van der Waals surface area contributed by atoms with Gasteiger partial charge in [0.1, 0.15) is 0 Å². The zero-order valence-electron chi connectivity index (χ0n) is 22.5. The van der Waals surface area contributed by atoms with Gasteiger partial charge in [-0.2, -0.15) is 0 Å². The molecule has 2 heterocycles. The number of hydrogen-bond acceptors (Lipinski definition) is 4. The zero-order chi connectivity index (χ0) is 26.5. The smallest absolute Gasteiger partial charge is 0.0478 e. The molecule has 2 aromatic heterocycles. The van der Waals surface area contributed by atoms with Gasteiger partial charge in [0.2, 0.25) is 0 Å². The molecular formula is C32H39BrN4. The normalized spacial score (nSPS) is 12.6. The van der Waals surface area contributed by atoms with E-state index in [-0.39, 0.29) is 0 Å². The number of aromatic nitrogens is 2. The summed E-state index contributed by atoms with van der Waals surface area (Å²) in [5.74, 6) is 0.742. The fourth-order valence-electron chi connectivity index (χ4n) is 4.29. The van der Waals surface area contributed by atoms with Gasteiger partial charge in [-0.25, -0.2) is 0 Å². The largest absolute Gasteiger partial charge is 0.309 e. The van der Waals surface area contributed by atoms with Gasteiger partial charge < -0.3 is 9.80 Å². The van der Waals surface area contributed by atoms with Crippen LogP contribution in [-0.2, 0) is 0 Å². The molecule has 0 saturated carbocycles. The Morgan fingerprint density at radius 3 is 1.41 bits per heavy atom. The van der Waals surface area contributed by atoms with E-state index in [9.17, 15) is 0 Å². The highest BCUT2D eigenvalue weighted by atomic mass is 79.9. The van der Waals surface area contributed by atoms with Crippen LogP contribution >= 0.6 is 15.9 Å². The molecule has 2 atom stereocenters. The summed E-state index contributed by atoms with van der Waals surface area (Å²) in [6.07, 6.45) is 5.91. The third-order valence-corrected chi connectivity index (χ3v) is 6.82. The molecule has 4 aromatic rings. The molecule has 4 rings (SSSR count). The van der Waals surface area contributed by atoms with Gasteiger partial charge in [-0.05, 0) is 102 Å².